The van der Waals surface area contributed by atoms with Gasteiger partial charge in [0.2, 0.25) is 5.91 Å². The van der Waals surface area contributed by atoms with Crippen molar-refractivity contribution in [2.75, 3.05) is 29.9 Å². The van der Waals surface area contributed by atoms with E-state index >= 15 is 0 Å². The first-order chi connectivity index (χ1) is 15.1. The first-order valence-electron chi connectivity index (χ1n) is 10.4. The average molecular weight is 431 g/mol. The molecule has 31 heavy (non-hydrogen) atoms. The molecule has 2 aromatic carbocycles. The van der Waals surface area contributed by atoms with Gasteiger partial charge in [0.05, 0.1) is 5.39 Å². The fraction of sp³-hybridized carbons (Fsp3) is 0.240. The average Bonchev–Trinajstić information content (AvgIpc) is 3.23. The Labute approximate surface area is 187 Å². The minimum Gasteiger partial charge on any atom is -0.359 e. The van der Waals surface area contributed by atoms with E-state index in [0.29, 0.717) is 19.5 Å². The Bertz CT molecular complexity index is 1190. The Morgan fingerprint density at radius 2 is 1.84 bits per heavy atom. The molecular formula is C25H26N4OS. The molecule has 0 saturated carbocycles. The number of hydrogen-bond donors (Lipinski definition) is 0. The van der Waals surface area contributed by atoms with Crippen LogP contribution in [0.2, 0.25) is 0 Å². The highest BCUT2D eigenvalue weighted by Crippen LogP contribution is 2.35. The maximum Gasteiger partial charge on any atom is 0.228 e. The lowest BCUT2D eigenvalue weighted by molar-refractivity contribution is -0.118. The summed E-state index contributed by atoms with van der Waals surface area (Å²) in [5, 5.41) is 1.02. The quantitative estimate of drug-likeness (QED) is 0.386. The number of hydrogen-bond acceptors (Lipinski definition) is 5. The molecule has 0 radical (unpaired) electrons. The summed E-state index contributed by atoms with van der Waals surface area (Å²) in [6.07, 6.45) is 2.02. The number of rotatable bonds is 7. The first-order valence-corrected chi connectivity index (χ1v) is 11.3. The van der Waals surface area contributed by atoms with Crippen molar-refractivity contribution in [1.29, 1.82) is 0 Å². The summed E-state index contributed by atoms with van der Waals surface area (Å²) in [6, 6.07) is 20.5. The van der Waals surface area contributed by atoms with Crippen molar-refractivity contribution in [1.82, 2.24) is 9.97 Å². The van der Waals surface area contributed by atoms with Crippen molar-refractivity contribution in [3.8, 4) is 10.4 Å². The topological polar surface area (TPSA) is 49.3 Å². The molecule has 0 aliphatic carbocycles. The minimum atomic E-state index is 0.112. The van der Waals surface area contributed by atoms with Gasteiger partial charge in [0, 0.05) is 37.1 Å². The molecule has 0 fully saturated rings. The van der Waals surface area contributed by atoms with Crippen LogP contribution in [0.1, 0.15) is 18.9 Å². The number of nitrogens with zero attached hydrogens (tertiary/aromatic N) is 4. The van der Waals surface area contributed by atoms with Crippen molar-refractivity contribution in [2.24, 2.45) is 0 Å². The summed E-state index contributed by atoms with van der Waals surface area (Å²) in [5.41, 5.74) is 3.27. The molecule has 4 rings (SSSR count). The van der Waals surface area contributed by atoms with E-state index in [2.05, 4.69) is 34.2 Å². The van der Waals surface area contributed by atoms with Crippen LogP contribution >= 0.6 is 11.3 Å². The number of fused-ring (bicyclic) bond motifs is 1. The van der Waals surface area contributed by atoms with Crippen molar-refractivity contribution in [3.05, 3.63) is 72.6 Å². The van der Waals surface area contributed by atoms with Crippen molar-refractivity contribution < 1.29 is 4.79 Å². The first kappa shape index (κ1) is 21.0. The summed E-state index contributed by atoms with van der Waals surface area (Å²) < 4.78 is 0. The van der Waals surface area contributed by atoms with Crippen LogP contribution < -0.4 is 9.80 Å². The van der Waals surface area contributed by atoms with Gasteiger partial charge in [0.15, 0.2) is 0 Å². The number of aryl methyl sites for hydroxylation is 1. The Kier molecular flexibility index (Phi) is 6.28. The molecular weight excluding hydrogens is 404 g/mol. The van der Waals surface area contributed by atoms with Crippen molar-refractivity contribution in [2.45, 2.75) is 20.3 Å². The van der Waals surface area contributed by atoms with Gasteiger partial charge in [-0.05, 0) is 43.2 Å². The molecule has 4 aromatic rings. The van der Waals surface area contributed by atoms with Gasteiger partial charge < -0.3 is 9.80 Å². The van der Waals surface area contributed by atoms with Crippen LogP contribution in [0.25, 0.3) is 20.7 Å². The smallest absolute Gasteiger partial charge is 0.228 e. The van der Waals surface area contributed by atoms with E-state index in [1.165, 1.54) is 10.4 Å². The van der Waals surface area contributed by atoms with E-state index in [1.54, 1.807) is 17.7 Å². The Hall–Kier alpha value is -3.25. The lowest BCUT2D eigenvalue weighted by atomic mass is 10.2. The molecule has 0 spiro atoms. The largest absolute Gasteiger partial charge is 0.359 e. The Morgan fingerprint density at radius 3 is 2.58 bits per heavy atom. The van der Waals surface area contributed by atoms with Crippen LogP contribution in [0.3, 0.4) is 0 Å². The van der Waals surface area contributed by atoms with Gasteiger partial charge >= 0.3 is 0 Å². The Morgan fingerprint density at radius 1 is 1.03 bits per heavy atom. The molecule has 0 N–H and O–H groups in total. The number of aromatic nitrogens is 2. The van der Waals surface area contributed by atoms with E-state index in [-0.39, 0.29) is 5.91 Å². The summed E-state index contributed by atoms with van der Waals surface area (Å²) in [6.45, 7) is 5.29. The number of amides is 1. The van der Waals surface area contributed by atoms with Gasteiger partial charge in [-0.1, -0.05) is 42.5 Å². The molecule has 0 saturated heterocycles. The molecule has 0 bridgehead atoms. The number of thiophene rings is 1. The monoisotopic (exact) mass is 430 g/mol. The summed E-state index contributed by atoms with van der Waals surface area (Å²) in [7, 11) is 1.98. The maximum atomic E-state index is 12.9. The summed E-state index contributed by atoms with van der Waals surface area (Å²) in [4.78, 5) is 27.9. The highest BCUT2D eigenvalue weighted by atomic mass is 32.1. The predicted molar refractivity (Wildman–Crippen MR) is 130 cm³/mol. The van der Waals surface area contributed by atoms with Crippen LogP contribution in [0.4, 0.5) is 11.5 Å². The van der Waals surface area contributed by atoms with E-state index in [4.69, 9.17) is 0 Å². The van der Waals surface area contributed by atoms with Gasteiger partial charge in [0.1, 0.15) is 17.0 Å². The molecule has 0 unspecified atom stereocenters. The zero-order chi connectivity index (χ0) is 21.8. The van der Waals surface area contributed by atoms with Gasteiger partial charge in [-0.25, -0.2) is 9.97 Å². The lowest BCUT2D eigenvalue weighted by Gasteiger charge is -2.24. The third-order valence-corrected chi connectivity index (χ3v) is 6.41. The van der Waals surface area contributed by atoms with E-state index in [0.717, 1.165) is 27.3 Å². The fourth-order valence-corrected chi connectivity index (χ4v) is 4.69. The standard InChI is InChI=1S/C25H26N4OS/c1-4-29(20-12-8-9-18(2)15-20)23(30)13-14-28(3)24-21-16-22(19-10-6-5-7-11-19)31-25(21)27-17-26-24/h5-12,15-17H,4,13-14H2,1-3H3. The SMILES string of the molecule is CCN(C(=O)CCN(C)c1ncnc2sc(-c3ccccc3)cc12)c1cccc(C)c1. The summed E-state index contributed by atoms with van der Waals surface area (Å²) >= 11 is 1.66. The fourth-order valence-electron chi connectivity index (χ4n) is 3.69. The Balaban J connectivity index is 1.51. The van der Waals surface area contributed by atoms with Gasteiger partial charge in [-0.2, -0.15) is 0 Å². The van der Waals surface area contributed by atoms with Crippen LogP contribution in [0, 0.1) is 6.92 Å². The lowest BCUT2D eigenvalue weighted by Crippen LogP contribution is -2.33. The number of benzene rings is 2. The molecule has 6 heteroatoms. The van der Waals surface area contributed by atoms with Crippen LogP contribution in [0.15, 0.2) is 67.0 Å². The second-order valence-corrected chi connectivity index (χ2v) is 8.57. The number of carbonyl (C=O) groups is 1. The highest BCUT2D eigenvalue weighted by molar-refractivity contribution is 7.21. The molecule has 0 aliphatic rings. The van der Waals surface area contributed by atoms with Gasteiger partial charge in [-0.3, -0.25) is 4.79 Å². The zero-order valence-electron chi connectivity index (χ0n) is 18.1. The van der Waals surface area contributed by atoms with Crippen LogP contribution in [-0.2, 0) is 4.79 Å². The zero-order valence-corrected chi connectivity index (χ0v) is 18.9. The third kappa shape index (κ3) is 4.59. The van der Waals surface area contributed by atoms with Crippen LogP contribution in [0.5, 0.6) is 0 Å². The second kappa shape index (κ2) is 9.27. The molecule has 0 atom stereocenters. The van der Waals surface area contributed by atoms with E-state index in [1.807, 2.05) is 67.1 Å². The van der Waals surface area contributed by atoms with Crippen molar-refractivity contribution in [3.63, 3.8) is 0 Å². The summed E-state index contributed by atoms with van der Waals surface area (Å²) in [5.74, 6) is 0.968. The molecule has 1 amide bonds. The normalized spacial score (nSPS) is 10.9. The van der Waals surface area contributed by atoms with E-state index < -0.39 is 0 Å². The maximum absolute atomic E-state index is 12.9. The minimum absolute atomic E-state index is 0.112. The van der Waals surface area contributed by atoms with Gasteiger partial charge in [-0.15, -0.1) is 11.3 Å². The molecule has 5 nitrogen and oxygen atoms in total. The highest BCUT2D eigenvalue weighted by Gasteiger charge is 2.17. The van der Waals surface area contributed by atoms with Crippen LogP contribution in [-0.4, -0.2) is 36.0 Å². The second-order valence-electron chi connectivity index (χ2n) is 7.54. The predicted octanol–water partition coefficient (Wildman–Crippen LogP) is 5.55. The van der Waals surface area contributed by atoms with Crippen molar-refractivity contribution >= 4 is 39.0 Å². The third-order valence-electron chi connectivity index (χ3n) is 5.32. The molecule has 0 aliphatic heterocycles. The number of carbonyl (C=O) groups excluding carboxylic acids is 1. The van der Waals surface area contributed by atoms with Gasteiger partial charge in [0.25, 0.3) is 0 Å². The molecule has 2 aromatic heterocycles. The van der Waals surface area contributed by atoms with E-state index in [9.17, 15) is 4.79 Å². The molecule has 158 valence electrons. The number of anilines is 2. The molecule has 2 heterocycles.